The summed E-state index contributed by atoms with van der Waals surface area (Å²) in [6, 6.07) is 12.6. The number of amides is 2. The summed E-state index contributed by atoms with van der Waals surface area (Å²) in [6.45, 7) is 4.00. The van der Waals surface area contributed by atoms with Crippen LogP contribution in [0.4, 0.5) is 10.1 Å². The zero-order chi connectivity index (χ0) is 25.7. The minimum atomic E-state index is -0.648. The lowest BCUT2D eigenvalue weighted by Gasteiger charge is -2.23. The first-order valence-corrected chi connectivity index (χ1v) is 12.2. The summed E-state index contributed by atoms with van der Waals surface area (Å²) in [6.07, 6.45) is 5.18. The van der Waals surface area contributed by atoms with Crippen LogP contribution in [0, 0.1) is 12.7 Å². The molecule has 4 heterocycles. The van der Waals surface area contributed by atoms with Crippen LogP contribution in [0.1, 0.15) is 35.4 Å². The van der Waals surface area contributed by atoms with Crippen LogP contribution in [-0.2, 0) is 27.2 Å². The number of fused-ring (bicyclic) bond motifs is 1. The predicted molar refractivity (Wildman–Crippen MR) is 136 cm³/mol. The van der Waals surface area contributed by atoms with Crippen molar-refractivity contribution in [3.8, 4) is 16.9 Å². The fourth-order valence-corrected chi connectivity index (χ4v) is 5.05. The smallest absolute Gasteiger partial charge is 0.253 e. The Morgan fingerprint density at radius 3 is 2.81 bits per heavy atom. The Bertz CT molecular complexity index is 1490. The SMILES string of the molecule is Cc1cc(F)cc(-n2cc([C@H]3O[C@H](C)C(=O)N3CCc3ccc4c(c3)NC(=O)C4)c(-c3cc[nH]c3)n2)c1. The van der Waals surface area contributed by atoms with Crippen molar-refractivity contribution in [3.63, 3.8) is 0 Å². The number of carbonyl (C=O) groups is 2. The molecule has 0 bridgehead atoms. The normalized spacial score (nSPS) is 18.9. The largest absolute Gasteiger partial charge is 0.367 e. The Labute approximate surface area is 213 Å². The summed E-state index contributed by atoms with van der Waals surface area (Å²) in [5, 5.41) is 7.65. The first kappa shape index (κ1) is 23.2. The number of aryl methyl sites for hydroxylation is 1. The minimum absolute atomic E-state index is 0.00745. The van der Waals surface area contributed by atoms with Gasteiger partial charge in [-0.25, -0.2) is 9.07 Å². The van der Waals surface area contributed by atoms with Gasteiger partial charge < -0.3 is 19.9 Å². The predicted octanol–water partition coefficient (Wildman–Crippen LogP) is 4.30. The summed E-state index contributed by atoms with van der Waals surface area (Å²) in [5.41, 5.74) is 6.42. The quantitative estimate of drug-likeness (QED) is 0.414. The van der Waals surface area contributed by atoms with Crippen molar-refractivity contribution in [1.29, 1.82) is 0 Å². The maximum absolute atomic E-state index is 14.2. The van der Waals surface area contributed by atoms with E-state index in [1.807, 2.05) is 49.6 Å². The highest BCUT2D eigenvalue weighted by Gasteiger charge is 2.40. The molecule has 0 aliphatic carbocycles. The molecule has 4 aromatic rings. The standard InChI is InChI=1S/C28H26FN5O3/c1-16-9-21(29)13-22(10-16)34-15-23(26(32-34)20-5-7-30-14-20)28-33(27(36)17(2)37-28)8-6-18-3-4-19-12-25(35)31-24(19)11-18/h3-5,7,9-11,13-15,17,28,30H,6,8,12H2,1-2H3,(H,31,35)/t17-,28-/m1/s1. The van der Waals surface area contributed by atoms with Gasteiger partial charge in [-0.05, 0) is 67.3 Å². The number of halogens is 1. The minimum Gasteiger partial charge on any atom is -0.367 e. The molecule has 8 nitrogen and oxygen atoms in total. The number of carbonyl (C=O) groups excluding carboxylic acids is 2. The fourth-order valence-electron chi connectivity index (χ4n) is 5.05. The second kappa shape index (κ2) is 9.01. The van der Waals surface area contributed by atoms with Crippen LogP contribution in [0.25, 0.3) is 16.9 Å². The summed E-state index contributed by atoms with van der Waals surface area (Å²) in [4.78, 5) is 29.7. The Balaban J connectivity index is 1.34. The van der Waals surface area contributed by atoms with Gasteiger partial charge in [-0.15, -0.1) is 0 Å². The topological polar surface area (TPSA) is 92.2 Å². The van der Waals surface area contributed by atoms with E-state index >= 15 is 0 Å². The molecule has 0 saturated carbocycles. The van der Waals surface area contributed by atoms with E-state index in [1.165, 1.54) is 12.1 Å². The molecule has 2 aromatic carbocycles. The highest BCUT2D eigenvalue weighted by molar-refractivity contribution is 5.99. The highest BCUT2D eigenvalue weighted by atomic mass is 19.1. The lowest BCUT2D eigenvalue weighted by molar-refractivity contribution is -0.130. The van der Waals surface area contributed by atoms with Crippen molar-refractivity contribution in [2.24, 2.45) is 0 Å². The number of aromatic amines is 1. The molecule has 0 radical (unpaired) electrons. The van der Waals surface area contributed by atoms with Crippen molar-refractivity contribution in [2.75, 3.05) is 11.9 Å². The van der Waals surface area contributed by atoms with Crippen molar-refractivity contribution in [2.45, 2.75) is 39.0 Å². The third kappa shape index (κ3) is 4.31. The second-order valence-electron chi connectivity index (χ2n) is 9.59. The zero-order valence-electron chi connectivity index (χ0n) is 20.5. The first-order chi connectivity index (χ1) is 17.9. The maximum atomic E-state index is 14.2. The average molecular weight is 500 g/mol. The molecule has 37 heavy (non-hydrogen) atoms. The number of H-pyrrole nitrogens is 1. The Kier molecular flexibility index (Phi) is 5.64. The van der Waals surface area contributed by atoms with Crippen molar-refractivity contribution >= 4 is 17.5 Å². The fraction of sp³-hybridized carbons (Fsp3) is 0.250. The molecule has 2 atom stereocenters. The van der Waals surface area contributed by atoms with Gasteiger partial charge in [0.2, 0.25) is 5.91 Å². The number of hydrogen-bond acceptors (Lipinski definition) is 4. The van der Waals surface area contributed by atoms with E-state index in [2.05, 4.69) is 10.3 Å². The van der Waals surface area contributed by atoms with E-state index in [-0.39, 0.29) is 17.6 Å². The lowest BCUT2D eigenvalue weighted by atomic mass is 10.1. The summed E-state index contributed by atoms with van der Waals surface area (Å²) >= 11 is 0. The molecule has 1 fully saturated rings. The van der Waals surface area contributed by atoms with Crippen LogP contribution in [0.15, 0.2) is 61.1 Å². The van der Waals surface area contributed by atoms with E-state index < -0.39 is 12.3 Å². The van der Waals surface area contributed by atoms with Gasteiger partial charge in [0.05, 0.1) is 12.1 Å². The van der Waals surface area contributed by atoms with Crippen LogP contribution < -0.4 is 5.32 Å². The summed E-state index contributed by atoms with van der Waals surface area (Å²) in [5.74, 6) is -0.455. The third-order valence-corrected chi connectivity index (χ3v) is 6.86. The van der Waals surface area contributed by atoms with E-state index in [4.69, 9.17) is 9.84 Å². The molecular formula is C28H26FN5O3. The van der Waals surface area contributed by atoms with Gasteiger partial charge in [0.15, 0.2) is 6.23 Å². The Morgan fingerprint density at radius 1 is 1.16 bits per heavy atom. The average Bonchev–Trinajstić information content (AvgIpc) is 3.63. The number of rotatable bonds is 6. The van der Waals surface area contributed by atoms with Crippen LogP contribution in [0.2, 0.25) is 0 Å². The molecule has 2 N–H and O–H groups in total. The zero-order valence-corrected chi connectivity index (χ0v) is 20.5. The first-order valence-electron chi connectivity index (χ1n) is 12.2. The molecule has 0 unspecified atom stereocenters. The Morgan fingerprint density at radius 2 is 2.03 bits per heavy atom. The molecule has 188 valence electrons. The second-order valence-corrected chi connectivity index (χ2v) is 9.59. The number of hydrogen-bond donors (Lipinski definition) is 2. The van der Waals surface area contributed by atoms with Gasteiger partial charge in [0, 0.05) is 41.9 Å². The van der Waals surface area contributed by atoms with Crippen LogP contribution >= 0.6 is 0 Å². The molecule has 2 aliphatic rings. The molecule has 0 spiro atoms. The maximum Gasteiger partial charge on any atom is 0.253 e. The number of nitrogens with zero attached hydrogens (tertiary/aromatic N) is 3. The number of benzene rings is 2. The molecule has 2 aliphatic heterocycles. The van der Waals surface area contributed by atoms with E-state index in [0.717, 1.165) is 33.5 Å². The molecule has 6 rings (SSSR count). The molecule has 1 saturated heterocycles. The van der Waals surface area contributed by atoms with E-state index in [9.17, 15) is 14.0 Å². The van der Waals surface area contributed by atoms with Crippen molar-refractivity contribution < 1.29 is 18.7 Å². The van der Waals surface area contributed by atoms with Crippen molar-refractivity contribution in [1.82, 2.24) is 19.7 Å². The summed E-state index contributed by atoms with van der Waals surface area (Å²) in [7, 11) is 0. The third-order valence-electron chi connectivity index (χ3n) is 6.86. The molecule has 2 aromatic heterocycles. The number of anilines is 1. The molecule has 9 heteroatoms. The highest BCUT2D eigenvalue weighted by Crippen LogP contribution is 2.37. The summed E-state index contributed by atoms with van der Waals surface area (Å²) < 4.78 is 22.0. The van der Waals surface area contributed by atoms with Gasteiger partial charge in [0.1, 0.15) is 17.6 Å². The molecular weight excluding hydrogens is 473 g/mol. The van der Waals surface area contributed by atoms with E-state index in [1.54, 1.807) is 22.7 Å². The monoisotopic (exact) mass is 499 g/mol. The molecule has 2 amide bonds. The lowest BCUT2D eigenvalue weighted by Crippen LogP contribution is -2.32. The van der Waals surface area contributed by atoms with Gasteiger partial charge in [-0.1, -0.05) is 12.1 Å². The van der Waals surface area contributed by atoms with Gasteiger partial charge in [-0.3, -0.25) is 9.59 Å². The van der Waals surface area contributed by atoms with Crippen LogP contribution in [0.3, 0.4) is 0 Å². The van der Waals surface area contributed by atoms with Gasteiger partial charge in [0.25, 0.3) is 5.91 Å². The van der Waals surface area contributed by atoms with Crippen LogP contribution in [-0.4, -0.2) is 44.1 Å². The van der Waals surface area contributed by atoms with Crippen molar-refractivity contribution in [3.05, 3.63) is 89.1 Å². The van der Waals surface area contributed by atoms with Gasteiger partial charge >= 0.3 is 0 Å². The number of nitrogens with one attached hydrogen (secondary N) is 2. The van der Waals surface area contributed by atoms with E-state index in [0.29, 0.717) is 30.8 Å². The van der Waals surface area contributed by atoms with Crippen LogP contribution in [0.5, 0.6) is 0 Å². The number of ether oxygens (including phenoxy) is 1. The van der Waals surface area contributed by atoms with Gasteiger partial charge in [-0.2, -0.15) is 5.10 Å². The Hall–Kier alpha value is -4.24. The number of aromatic nitrogens is 3.